The normalized spacial score (nSPS) is 10.5. The van der Waals surface area contributed by atoms with Crippen LogP contribution in [0.4, 0.5) is 10.2 Å². The summed E-state index contributed by atoms with van der Waals surface area (Å²) in [6, 6.07) is 1.12. The summed E-state index contributed by atoms with van der Waals surface area (Å²) in [5.74, 6) is -2.26. The minimum Gasteiger partial charge on any atom is -0.478 e. The molecule has 2 aromatic rings. The van der Waals surface area contributed by atoms with E-state index in [2.05, 4.69) is 15.4 Å². The Hall–Kier alpha value is -2.44. The van der Waals surface area contributed by atoms with Crippen molar-refractivity contribution in [2.24, 2.45) is 7.05 Å². The number of rotatable bonds is 4. The number of carboxylic acids is 1. The number of hydrogen-bond acceptors (Lipinski definition) is 4. The van der Waals surface area contributed by atoms with Crippen LogP contribution >= 0.6 is 0 Å². The fourth-order valence-corrected chi connectivity index (χ4v) is 1.73. The molecule has 0 saturated carbocycles. The van der Waals surface area contributed by atoms with Crippen LogP contribution in [-0.2, 0) is 13.6 Å². The summed E-state index contributed by atoms with van der Waals surface area (Å²) >= 11 is 0. The zero-order valence-electron chi connectivity index (χ0n) is 10.5. The molecular formula is C12H13FN4O2. The van der Waals surface area contributed by atoms with Gasteiger partial charge in [0.05, 0.1) is 5.69 Å². The lowest BCUT2D eigenvalue weighted by molar-refractivity contribution is 0.0692. The number of pyridine rings is 1. The van der Waals surface area contributed by atoms with Crippen molar-refractivity contribution < 1.29 is 14.3 Å². The van der Waals surface area contributed by atoms with Gasteiger partial charge in [-0.3, -0.25) is 4.68 Å². The van der Waals surface area contributed by atoms with Crippen LogP contribution in [0.1, 0.15) is 21.6 Å². The topological polar surface area (TPSA) is 80.0 Å². The van der Waals surface area contributed by atoms with Crippen molar-refractivity contribution in [2.75, 3.05) is 5.32 Å². The minimum absolute atomic E-state index is 0.0804. The molecule has 100 valence electrons. The molecule has 0 aromatic carbocycles. The number of nitrogens with zero attached hydrogens (tertiary/aromatic N) is 3. The van der Waals surface area contributed by atoms with E-state index in [0.717, 1.165) is 17.3 Å². The maximum atomic E-state index is 13.8. The fraction of sp³-hybridized carbons (Fsp3) is 0.250. The lowest BCUT2D eigenvalue weighted by Gasteiger charge is -2.07. The van der Waals surface area contributed by atoms with Gasteiger partial charge in [-0.25, -0.2) is 14.2 Å². The van der Waals surface area contributed by atoms with Crippen molar-refractivity contribution in [3.8, 4) is 0 Å². The number of carboxylic acid groups (broad SMARTS) is 1. The monoisotopic (exact) mass is 264 g/mol. The molecule has 0 aliphatic heterocycles. The van der Waals surface area contributed by atoms with Crippen molar-refractivity contribution in [2.45, 2.75) is 13.5 Å². The summed E-state index contributed by atoms with van der Waals surface area (Å²) in [5.41, 5.74) is 1.31. The molecule has 0 saturated heterocycles. The Labute approximate surface area is 108 Å². The third-order valence-electron chi connectivity index (χ3n) is 2.68. The Bertz CT molecular complexity index is 624. The molecule has 0 aliphatic carbocycles. The number of halogens is 1. The highest BCUT2D eigenvalue weighted by Gasteiger charge is 2.15. The first-order chi connectivity index (χ1) is 8.99. The smallest absolute Gasteiger partial charge is 0.338 e. The van der Waals surface area contributed by atoms with E-state index in [4.69, 9.17) is 5.11 Å². The first-order valence-electron chi connectivity index (χ1n) is 5.60. The van der Waals surface area contributed by atoms with E-state index < -0.39 is 17.3 Å². The first-order valence-corrected chi connectivity index (χ1v) is 5.60. The van der Waals surface area contributed by atoms with E-state index in [-0.39, 0.29) is 5.82 Å². The summed E-state index contributed by atoms with van der Waals surface area (Å²) in [6.07, 6.45) is 3.06. The largest absolute Gasteiger partial charge is 0.478 e. The molecule has 0 fully saturated rings. The zero-order valence-corrected chi connectivity index (χ0v) is 10.5. The van der Waals surface area contributed by atoms with Gasteiger partial charge in [0.2, 0.25) is 0 Å². The van der Waals surface area contributed by atoms with E-state index in [0.29, 0.717) is 6.54 Å². The Morgan fingerprint density at radius 2 is 2.32 bits per heavy atom. The van der Waals surface area contributed by atoms with E-state index >= 15 is 0 Å². The molecule has 2 aromatic heterocycles. The van der Waals surface area contributed by atoms with E-state index in [1.807, 2.05) is 6.92 Å². The second-order valence-electron chi connectivity index (χ2n) is 4.09. The van der Waals surface area contributed by atoms with Gasteiger partial charge in [-0.15, -0.1) is 0 Å². The van der Waals surface area contributed by atoms with Crippen LogP contribution < -0.4 is 5.32 Å². The fourth-order valence-electron chi connectivity index (χ4n) is 1.73. The summed E-state index contributed by atoms with van der Waals surface area (Å²) in [4.78, 5) is 14.6. The summed E-state index contributed by atoms with van der Waals surface area (Å²) < 4.78 is 15.5. The molecule has 2 heterocycles. The minimum atomic E-state index is -1.32. The molecule has 0 radical (unpaired) electrons. The molecule has 2 N–H and O–H groups in total. The Morgan fingerprint density at radius 1 is 1.58 bits per heavy atom. The van der Waals surface area contributed by atoms with Crippen LogP contribution in [-0.4, -0.2) is 25.8 Å². The molecule has 7 heteroatoms. The molecule has 0 aliphatic rings. The number of aromatic nitrogens is 3. The maximum absolute atomic E-state index is 13.8. The van der Waals surface area contributed by atoms with Gasteiger partial charge < -0.3 is 10.4 Å². The van der Waals surface area contributed by atoms with Gasteiger partial charge in [0.25, 0.3) is 0 Å². The Kier molecular flexibility index (Phi) is 3.46. The third kappa shape index (κ3) is 2.70. The Morgan fingerprint density at radius 3 is 2.89 bits per heavy atom. The molecule has 0 bridgehead atoms. The zero-order chi connectivity index (χ0) is 14.0. The van der Waals surface area contributed by atoms with Crippen LogP contribution in [0.25, 0.3) is 0 Å². The number of aromatic carboxylic acids is 1. The highest BCUT2D eigenvalue weighted by molar-refractivity contribution is 5.88. The highest BCUT2D eigenvalue weighted by atomic mass is 19.1. The summed E-state index contributed by atoms with van der Waals surface area (Å²) in [6.45, 7) is 2.17. The lowest BCUT2D eigenvalue weighted by Crippen LogP contribution is -2.08. The second kappa shape index (κ2) is 5.05. The Balaban J connectivity index is 2.18. The van der Waals surface area contributed by atoms with Crippen molar-refractivity contribution in [1.82, 2.24) is 14.8 Å². The van der Waals surface area contributed by atoms with Crippen LogP contribution in [0.5, 0.6) is 0 Å². The molecule has 0 unspecified atom stereocenters. The predicted octanol–water partition coefficient (Wildman–Crippen LogP) is 1.57. The number of anilines is 1. The molecule has 0 amide bonds. The quantitative estimate of drug-likeness (QED) is 0.876. The van der Waals surface area contributed by atoms with E-state index in [1.54, 1.807) is 17.9 Å². The summed E-state index contributed by atoms with van der Waals surface area (Å²) in [5, 5.41) is 15.7. The molecule has 6 nitrogen and oxygen atoms in total. The van der Waals surface area contributed by atoms with Gasteiger partial charge in [-0.2, -0.15) is 5.10 Å². The molecule has 19 heavy (non-hydrogen) atoms. The van der Waals surface area contributed by atoms with Crippen molar-refractivity contribution in [3.05, 3.63) is 41.1 Å². The summed E-state index contributed by atoms with van der Waals surface area (Å²) in [7, 11) is 1.79. The molecular weight excluding hydrogens is 251 g/mol. The van der Waals surface area contributed by atoms with Crippen molar-refractivity contribution in [1.29, 1.82) is 0 Å². The van der Waals surface area contributed by atoms with Gasteiger partial charge in [0, 0.05) is 31.5 Å². The van der Waals surface area contributed by atoms with E-state index in [9.17, 15) is 9.18 Å². The number of hydrogen-bond donors (Lipinski definition) is 2. The molecule has 0 spiro atoms. The molecule has 2 rings (SSSR count). The van der Waals surface area contributed by atoms with Gasteiger partial charge >= 0.3 is 5.97 Å². The molecule has 0 atom stereocenters. The van der Waals surface area contributed by atoms with Crippen molar-refractivity contribution in [3.63, 3.8) is 0 Å². The van der Waals surface area contributed by atoms with E-state index in [1.165, 1.54) is 6.20 Å². The van der Waals surface area contributed by atoms with Gasteiger partial charge in [0.1, 0.15) is 5.56 Å². The highest BCUT2D eigenvalue weighted by Crippen LogP contribution is 2.16. The third-order valence-corrected chi connectivity index (χ3v) is 2.68. The lowest BCUT2D eigenvalue weighted by atomic mass is 10.2. The van der Waals surface area contributed by atoms with Crippen LogP contribution in [0.2, 0.25) is 0 Å². The average molecular weight is 264 g/mol. The second-order valence-corrected chi connectivity index (χ2v) is 4.09. The van der Waals surface area contributed by atoms with Crippen molar-refractivity contribution >= 4 is 11.8 Å². The number of nitrogens with one attached hydrogen (secondary N) is 1. The SMILES string of the molecule is Cc1nn(C)cc1CNc1nccc(C(=O)O)c1F. The van der Waals surface area contributed by atoms with Crippen LogP contribution in [0.15, 0.2) is 18.5 Å². The number of aryl methyl sites for hydroxylation is 2. The van der Waals surface area contributed by atoms with Crippen LogP contribution in [0, 0.1) is 12.7 Å². The number of carbonyl (C=O) groups is 1. The first kappa shape index (κ1) is 13.0. The van der Waals surface area contributed by atoms with Gasteiger partial charge in [0.15, 0.2) is 11.6 Å². The predicted molar refractivity (Wildman–Crippen MR) is 66.4 cm³/mol. The standard InChI is InChI=1S/C12H13FN4O2/c1-7-8(6-17(2)16-7)5-15-11-10(13)9(12(18)19)3-4-14-11/h3-4,6H,5H2,1-2H3,(H,14,15)(H,18,19). The van der Waals surface area contributed by atoms with Crippen LogP contribution in [0.3, 0.4) is 0 Å². The average Bonchev–Trinajstić information content (AvgIpc) is 2.66. The van der Waals surface area contributed by atoms with Gasteiger partial charge in [-0.1, -0.05) is 0 Å². The van der Waals surface area contributed by atoms with Gasteiger partial charge in [-0.05, 0) is 13.0 Å². The maximum Gasteiger partial charge on any atom is 0.338 e.